The molecule has 0 saturated carbocycles. The van der Waals surface area contributed by atoms with E-state index in [-0.39, 0.29) is 5.69 Å². The fourth-order valence-electron chi connectivity index (χ4n) is 1.89. The number of hydrogen-bond donors (Lipinski definition) is 1. The third-order valence-electron chi connectivity index (χ3n) is 2.86. The molecule has 1 heterocycles. The van der Waals surface area contributed by atoms with Crippen molar-refractivity contribution in [1.82, 2.24) is 9.55 Å². The number of aromatic nitrogens is 2. The van der Waals surface area contributed by atoms with E-state index in [2.05, 4.69) is 17.2 Å². The van der Waals surface area contributed by atoms with Gasteiger partial charge in [-0.3, -0.25) is 10.1 Å². The van der Waals surface area contributed by atoms with Crippen LogP contribution in [0.15, 0.2) is 30.6 Å². The number of nitrogens with one attached hydrogen (secondary N) is 1. The Morgan fingerprint density at radius 2 is 2.30 bits per heavy atom. The second-order valence-corrected chi connectivity index (χ2v) is 4.72. The van der Waals surface area contributed by atoms with Gasteiger partial charge in [0.25, 0.3) is 5.69 Å². The summed E-state index contributed by atoms with van der Waals surface area (Å²) in [5.74, 6) is 0.870. The van der Waals surface area contributed by atoms with E-state index in [0.29, 0.717) is 17.3 Å². The zero-order valence-electron chi connectivity index (χ0n) is 11.0. The average Bonchev–Trinajstić information content (AvgIpc) is 2.85. The number of anilines is 1. The molecule has 0 fully saturated rings. The Hall–Kier alpha value is -2.08. The summed E-state index contributed by atoms with van der Waals surface area (Å²) in [4.78, 5) is 14.6. The number of rotatable bonds is 6. The van der Waals surface area contributed by atoms with Crippen LogP contribution in [-0.4, -0.2) is 14.5 Å². The smallest absolute Gasteiger partial charge is 0.271 e. The van der Waals surface area contributed by atoms with E-state index in [4.69, 9.17) is 11.6 Å². The summed E-state index contributed by atoms with van der Waals surface area (Å²) >= 11 is 6.03. The minimum absolute atomic E-state index is 0.00815. The maximum Gasteiger partial charge on any atom is 0.271 e. The predicted octanol–water partition coefficient (Wildman–Crippen LogP) is 3.47. The third kappa shape index (κ3) is 3.27. The van der Waals surface area contributed by atoms with Gasteiger partial charge in [0, 0.05) is 31.1 Å². The highest BCUT2D eigenvalue weighted by molar-refractivity contribution is 6.33. The lowest BCUT2D eigenvalue weighted by molar-refractivity contribution is -0.384. The molecular formula is C13H15ClN4O2. The van der Waals surface area contributed by atoms with E-state index < -0.39 is 4.92 Å². The minimum atomic E-state index is -0.445. The van der Waals surface area contributed by atoms with Gasteiger partial charge in [0.15, 0.2) is 0 Å². The summed E-state index contributed by atoms with van der Waals surface area (Å²) in [5.41, 5.74) is 0.542. The predicted molar refractivity (Wildman–Crippen MR) is 78.0 cm³/mol. The van der Waals surface area contributed by atoms with Crippen LogP contribution >= 0.6 is 11.6 Å². The number of imidazole rings is 1. The summed E-state index contributed by atoms with van der Waals surface area (Å²) in [6.07, 6.45) is 4.66. The molecular weight excluding hydrogens is 280 g/mol. The second-order valence-electron chi connectivity index (χ2n) is 4.31. The van der Waals surface area contributed by atoms with Crippen molar-refractivity contribution in [3.05, 3.63) is 51.6 Å². The SMILES string of the molecule is CCCn1ccnc1CNc1cc([N+](=O)[O-])ccc1Cl. The lowest BCUT2D eigenvalue weighted by atomic mass is 10.3. The number of non-ortho nitro benzene ring substituents is 1. The summed E-state index contributed by atoms with van der Waals surface area (Å²) in [6, 6.07) is 4.32. The standard InChI is InChI=1S/C13H15ClN4O2/c1-2-6-17-7-5-15-13(17)9-16-12-8-10(18(19)20)3-4-11(12)14/h3-5,7-8,16H,2,6,9H2,1H3. The molecule has 7 heteroatoms. The summed E-state index contributed by atoms with van der Waals surface area (Å²) in [6.45, 7) is 3.45. The Kier molecular flexibility index (Phi) is 4.57. The molecule has 1 aromatic carbocycles. The van der Waals surface area contributed by atoms with Gasteiger partial charge in [-0.1, -0.05) is 18.5 Å². The Bertz CT molecular complexity index is 612. The molecule has 0 bridgehead atoms. The summed E-state index contributed by atoms with van der Waals surface area (Å²) < 4.78 is 2.04. The lowest BCUT2D eigenvalue weighted by Gasteiger charge is -2.10. The Morgan fingerprint density at radius 3 is 3.00 bits per heavy atom. The molecule has 0 atom stereocenters. The van der Waals surface area contributed by atoms with Crippen LogP contribution in [0.1, 0.15) is 19.2 Å². The van der Waals surface area contributed by atoms with Crippen LogP contribution in [0.3, 0.4) is 0 Å². The van der Waals surface area contributed by atoms with E-state index >= 15 is 0 Å². The molecule has 0 aliphatic rings. The quantitative estimate of drug-likeness (QED) is 0.654. The van der Waals surface area contributed by atoms with Gasteiger partial charge in [-0.05, 0) is 12.5 Å². The molecule has 1 N–H and O–H groups in total. The molecule has 0 amide bonds. The number of halogens is 1. The van der Waals surface area contributed by atoms with Crippen LogP contribution in [0.2, 0.25) is 5.02 Å². The topological polar surface area (TPSA) is 73.0 Å². The summed E-state index contributed by atoms with van der Waals surface area (Å²) in [5, 5.41) is 14.3. The Balaban J connectivity index is 2.12. The highest BCUT2D eigenvalue weighted by Gasteiger charge is 2.10. The van der Waals surface area contributed by atoms with Crippen LogP contribution in [0.5, 0.6) is 0 Å². The normalized spacial score (nSPS) is 10.5. The maximum absolute atomic E-state index is 10.8. The largest absolute Gasteiger partial charge is 0.376 e. The Labute approximate surface area is 121 Å². The highest BCUT2D eigenvalue weighted by Crippen LogP contribution is 2.26. The minimum Gasteiger partial charge on any atom is -0.376 e. The van der Waals surface area contributed by atoms with E-state index in [0.717, 1.165) is 18.8 Å². The van der Waals surface area contributed by atoms with Crippen molar-refractivity contribution in [2.45, 2.75) is 26.4 Å². The van der Waals surface area contributed by atoms with Crippen LogP contribution in [-0.2, 0) is 13.1 Å². The number of hydrogen-bond acceptors (Lipinski definition) is 4. The molecule has 0 unspecified atom stereocenters. The van der Waals surface area contributed by atoms with Gasteiger partial charge >= 0.3 is 0 Å². The van der Waals surface area contributed by atoms with E-state index in [1.807, 2.05) is 10.8 Å². The van der Waals surface area contributed by atoms with E-state index in [9.17, 15) is 10.1 Å². The van der Waals surface area contributed by atoms with Crippen LogP contribution in [0.25, 0.3) is 0 Å². The molecule has 6 nitrogen and oxygen atoms in total. The first-order valence-corrected chi connectivity index (χ1v) is 6.67. The first-order chi connectivity index (χ1) is 9.61. The van der Waals surface area contributed by atoms with Crippen molar-refractivity contribution in [2.24, 2.45) is 0 Å². The molecule has 0 spiro atoms. The molecule has 20 heavy (non-hydrogen) atoms. The number of nitro groups is 1. The van der Waals surface area contributed by atoms with Gasteiger partial charge in [-0.25, -0.2) is 4.98 Å². The molecule has 1 aromatic heterocycles. The van der Waals surface area contributed by atoms with Gasteiger partial charge in [0.05, 0.1) is 22.2 Å². The van der Waals surface area contributed by atoms with Crippen LogP contribution < -0.4 is 5.32 Å². The number of nitrogens with zero attached hydrogens (tertiary/aromatic N) is 3. The fourth-order valence-corrected chi connectivity index (χ4v) is 2.07. The van der Waals surface area contributed by atoms with Gasteiger partial charge in [0.2, 0.25) is 0 Å². The van der Waals surface area contributed by atoms with Gasteiger partial charge < -0.3 is 9.88 Å². The molecule has 0 radical (unpaired) electrons. The average molecular weight is 295 g/mol. The van der Waals surface area contributed by atoms with Crippen molar-refractivity contribution in [3.63, 3.8) is 0 Å². The van der Waals surface area contributed by atoms with Crippen molar-refractivity contribution < 1.29 is 4.92 Å². The van der Waals surface area contributed by atoms with Crippen molar-refractivity contribution >= 4 is 23.0 Å². The van der Waals surface area contributed by atoms with Crippen molar-refractivity contribution in [1.29, 1.82) is 0 Å². The molecule has 2 rings (SSSR count). The zero-order chi connectivity index (χ0) is 14.5. The second kappa shape index (κ2) is 6.38. The molecule has 2 aromatic rings. The fraction of sp³-hybridized carbons (Fsp3) is 0.308. The van der Waals surface area contributed by atoms with E-state index in [1.165, 1.54) is 18.2 Å². The van der Waals surface area contributed by atoms with Gasteiger partial charge in [-0.2, -0.15) is 0 Å². The third-order valence-corrected chi connectivity index (χ3v) is 3.19. The van der Waals surface area contributed by atoms with Gasteiger partial charge in [0.1, 0.15) is 5.82 Å². The molecule has 0 aliphatic heterocycles. The highest BCUT2D eigenvalue weighted by atomic mass is 35.5. The number of benzene rings is 1. The van der Waals surface area contributed by atoms with Crippen molar-refractivity contribution in [3.8, 4) is 0 Å². The van der Waals surface area contributed by atoms with E-state index in [1.54, 1.807) is 6.20 Å². The number of nitro benzene ring substituents is 1. The molecule has 106 valence electrons. The van der Waals surface area contributed by atoms with Gasteiger partial charge in [-0.15, -0.1) is 0 Å². The first kappa shape index (κ1) is 14.3. The molecule has 0 aliphatic carbocycles. The van der Waals surface area contributed by atoms with Crippen molar-refractivity contribution in [2.75, 3.05) is 5.32 Å². The number of aryl methyl sites for hydroxylation is 1. The molecule has 0 saturated heterocycles. The van der Waals surface area contributed by atoms with Crippen LogP contribution in [0.4, 0.5) is 11.4 Å². The van der Waals surface area contributed by atoms with Crippen LogP contribution in [0, 0.1) is 10.1 Å². The Morgan fingerprint density at radius 1 is 1.50 bits per heavy atom. The summed E-state index contributed by atoms with van der Waals surface area (Å²) in [7, 11) is 0. The zero-order valence-corrected chi connectivity index (χ0v) is 11.8. The maximum atomic E-state index is 10.8. The first-order valence-electron chi connectivity index (χ1n) is 6.29. The monoisotopic (exact) mass is 294 g/mol. The lowest BCUT2D eigenvalue weighted by Crippen LogP contribution is -2.08.